The molecular formula is C19H17NO5. The highest BCUT2D eigenvalue weighted by Crippen LogP contribution is 2.66. The van der Waals surface area contributed by atoms with Crippen molar-refractivity contribution in [3.63, 3.8) is 0 Å². The van der Waals surface area contributed by atoms with Crippen LogP contribution in [0.3, 0.4) is 0 Å². The van der Waals surface area contributed by atoms with Gasteiger partial charge in [0.2, 0.25) is 0 Å². The number of epoxide rings is 1. The van der Waals surface area contributed by atoms with Gasteiger partial charge in [0.25, 0.3) is 5.69 Å². The first-order valence-corrected chi connectivity index (χ1v) is 8.17. The minimum Gasteiger partial charge on any atom is -0.455 e. The van der Waals surface area contributed by atoms with E-state index in [0.717, 1.165) is 18.4 Å². The first-order valence-electron chi connectivity index (χ1n) is 8.17. The first kappa shape index (κ1) is 15.8. The molecule has 0 N–H and O–H groups in total. The average molecular weight is 339 g/mol. The third kappa shape index (κ3) is 2.33. The van der Waals surface area contributed by atoms with Crippen molar-refractivity contribution in [2.75, 3.05) is 0 Å². The molecule has 2 aromatic rings. The third-order valence-corrected chi connectivity index (χ3v) is 5.23. The molecule has 6 nitrogen and oxygen atoms in total. The molecule has 0 aromatic heterocycles. The predicted molar refractivity (Wildman–Crippen MR) is 89.1 cm³/mol. The Bertz CT molecular complexity index is 835. The van der Waals surface area contributed by atoms with Gasteiger partial charge in [0, 0.05) is 12.1 Å². The zero-order valence-electron chi connectivity index (χ0n) is 13.7. The Kier molecular flexibility index (Phi) is 3.40. The summed E-state index contributed by atoms with van der Waals surface area (Å²) in [6, 6.07) is 15.2. The van der Waals surface area contributed by atoms with Crippen LogP contribution in [-0.2, 0) is 15.1 Å². The maximum atomic E-state index is 12.5. The zero-order chi connectivity index (χ0) is 17.7. The second kappa shape index (κ2) is 5.39. The van der Waals surface area contributed by atoms with Crippen LogP contribution < -0.4 is 0 Å². The van der Waals surface area contributed by atoms with E-state index in [1.54, 1.807) is 0 Å². The van der Waals surface area contributed by atoms with Gasteiger partial charge in [0.1, 0.15) is 11.7 Å². The van der Waals surface area contributed by atoms with E-state index in [9.17, 15) is 14.9 Å². The number of rotatable bonds is 4. The van der Waals surface area contributed by atoms with Crippen molar-refractivity contribution in [1.82, 2.24) is 0 Å². The lowest BCUT2D eigenvalue weighted by Gasteiger charge is -2.21. The number of hydrogen-bond donors (Lipinski definition) is 0. The Labute approximate surface area is 144 Å². The zero-order valence-corrected chi connectivity index (χ0v) is 13.7. The van der Waals surface area contributed by atoms with Crippen LogP contribution >= 0.6 is 0 Å². The molecule has 2 aliphatic rings. The number of ether oxygens (including phenoxy) is 2. The predicted octanol–water partition coefficient (Wildman–Crippen LogP) is 3.60. The van der Waals surface area contributed by atoms with Crippen molar-refractivity contribution in [2.24, 2.45) is 0 Å². The van der Waals surface area contributed by atoms with Gasteiger partial charge in [-0.3, -0.25) is 10.1 Å². The Morgan fingerprint density at radius 1 is 1.20 bits per heavy atom. The van der Waals surface area contributed by atoms with Crippen LogP contribution in [0, 0.1) is 10.1 Å². The highest BCUT2D eigenvalue weighted by atomic mass is 16.7. The standard InChI is InChI=1S/C19H17NO5/c1-18-12-11-16(19(18,25-18)14-5-3-2-4-6-14)24-17(21)13-7-9-15(10-8-13)20(22)23/h2-10,16H,11-12H2,1H3/t16-,18-,19+/m1/s1. The SMILES string of the molecule is C[C@@]12CC[C@@H](OC(=O)c3ccc([N+](=O)[O-])cc3)[C@]1(c1ccccc1)O2. The second-order valence-corrected chi connectivity index (χ2v) is 6.67. The molecular weight excluding hydrogens is 322 g/mol. The minimum atomic E-state index is -0.593. The van der Waals surface area contributed by atoms with Crippen LogP contribution in [-0.4, -0.2) is 22.6 Å². The van der Waals surface area contributed by atoms with E-state index in [2.05, 4.69) is 0 Å². The number of nitro groups is 1. The van der Waals surface area contributed by atoms with Gasteiger partial charge in [-0.25, -0.2) is 4.79 Å². The molecule has 0 bridgehead atoms. The van der Waals surface area contributed by atoms with Gasteiger partial charge in [-0.1, -0.05) is 30.3 Å². The fourth-order valence-electron chi connectivity index (χ4n) is 3.88. The quantitative estimate of drug-likeness (QED) is 0.368. The van der Waals surface area contributed by atoms with Crippen LogP contribution in [0.15, 0.2) is 54.6 Å². The number of nitrogens with zero attached hydrogens (tertiary/aromatic N) is 1. The molecule has 128 valence electrons. The maximum absolute atomic E-state index is 12.5. The first-order chi connectivity index (χ1) is 12.0. The van der Waals surface area contributed by atoms with Crippen LogP contribution in [0.5, 0.6) is 0 Å². The molecule has 1 heterocycles. The number of non-ortho nitro benzene ring substituents is 1. The summed E-state index contributed by atoms with van der Waals surface area (Å²) in [4.78, 5) is 22.7. The number of carbonyl (C=O) groups is 1. The molecule has 0 spiro atoms. The number of hydrogen-bond acceptors (Lipinski definition) is 5. The molecule has 1 aliphatic carbocycles. The van der Waals surface area contributed by atoms with Gasteiger partial charge in [-0.2, -0.15) is 0 Å². The summed E-state index contributed by atoms with van der Waals surface area (Å²) < 4.78 is 11.8. The Balaban J connectivity index is 1.56. The van der Waals surface area contributed by atoms with Gasteiger partial charge >= 0.3 is 5.97 Å². The highest BCUT2D eigenvalue weighted by molar-refractivity contribution is 5.89. The Morgan fingerprint density at radius 3 is 2.48 bits per heavy atom. The lowest BCUT2D eigenvalue weighted by molar-refractivity contribution is -0.384. The van der Waals surface area contributed by atoms with Crippen LogP contribution in [0.25, 0.3) is 0 Å². The maximum Gasteiger partial charge on any atom is 0.338 e. The van der Waals surface area contributed by atoms with E-state index in [4.69, 9.17) is 9.47 Å². The van der Waals surface area contributed by atoms with Gasteiger partial charge in [0.05, 0.1) is 10.5 Å². The average Bonchev–Trinajstić information content (AvgIpc) is 3.17. The number of fused-ring (bicyclic) bond motifs is 1. The highest BCUT2D eigenvalue weighted by Gasteiger charge is 2.76. The molecule has 2 fully saturated rings. The number of carbonyl (C=O) groups excluding carboxylic acids is 1. The van der Waals surface area contributed by atoms with Crippen molar-refractivity contribution in [3.8, 4) is 0 Å². The van der Waals surface area contributed by atoms with E-state index in [1.807, 2.05) is 37.3 Å². The summed E-state index contributed by atoms with van der Waals surface area (Å²) >= 11 is 0. The molecule has 25 heavy (non-hydrogen) atoms. The van der Waals surface area contributed by atoms with Crippen LogP contribution in [0.1, 0.15) is 35.7 Å². The van der Waals surface area contributed by atoms with Crippen molar-refractivity contribution < 1.29 is 19.2 Å². The number of nitro benzene ring substituents is 1. The largest absolute Gasteiger partial charge is 0.455 e. The lowest BCUT2D eigenvalue weighted by atomic mass is 9.88. The van der Waals surface area contributed by atoms with Gasteiger partial charge < -0.3 is 9.47 Å². The normalized spacial score (nSPS) is 29.7. The van der Waals surface area contributed by atoms with Crippen molar-refractivity contribution in [2.45, 2.75) is 37.1 Å². The monoisotopic (exact) mass is 339 g/mol. The number of benzene rings is 2. The molecule has 0 radical (unpaired) electrons. The summed E-state index contributed by atoms with van der Waals surface area (Å²) in [7, 11) is 0. The van der Waals surface area contributed by atoms with E-state index >= 15 is 0 Å². The summed E-state index contributed by atoms with van der Waals surface area (Å²) in [5.41, 5.74) is 0.343. The summed E-state index contributed by atoms with van der Waals surface area (Å²) in [5, 5.41) is 10.7. The topological polar surface area (TPSA) is 82.0 Å². The molecule has 6 heteroatoms. The summed E-state index contributed by atoms with van der Waals surface area (Å²) in [5.74, 6) is -0.491. The van der Waals surface area contributed by atoms with E-state index < -0.39 is 16.5 Å². The van der Waals surface area contributed by atoms with Crippen LogP contribution in [0.4, 0.5) is 5.69 Å². The lowest BCUT2D eigenvalue weighted by Crippen LogP contribution is -2.31. The summed E-state index contributed by atoms with van der Waals surface area (Å²) in [6.45, 7) is 2.04. The number of esters is 1. The van der Waals surface area contributed by atoms with Gasteiger partial charge in [-0.05, 0) is 37.5 Å². The van der Waals surface area contributed by atoms with Gasteiger partial charge in [-0.15, -0.1) is 0 Å². The van der Waals surface area contributed by atoms with Gasteiger partial charge in [0.15, 0.2) is 5.60 Å². The molecule has 0 unspecified atom stereocenters. The molecule has 4 rings (SSSR count). The van der Waals surface area contributed by atoms with Crippen molar-refractivity contribution in [1.29, 1.82) is 0 Å². The molecule has 3 atom stereocenters. The Hall–Kier alpha value is -2.73. The molecule has 1 saturated carbocycles. The Morgan fingerprint density at radius 2 is 1.88 bits per heavy atom. The molecule has 1 saturated heterocycles. The van der Waals surface area contributed by atoms with E-state index in [1.165, 1.54) is 24.3 Å². The third-order valence-electron chi connectivity index (χ3n) is 5.23. The molecule has 2 aromatic carbocycles. The second-order valence-electron chi connectivity index (χ2n) is 6.67. The summed E-state index contributed by atoms with van der Waals surface area (Å²) in [6.07, 6.45) is 1.17. The molecule has 0 amide bonds. The fraction of sp³-hybridized carbons (Fsp3) is 0.316. The molecule has 1 aliphatic heterocycles. The van der Waals surface area contributed by atoms with Crippen molar-refractivity contribution in [3.05, 3.63) is 75.8 Å². The van der Waals surface area contributed by atoms with Crippen molar-refractivity contribution >= 4 is 11.7 Å². The fourth-order valence-corrected chi connectivity index (χ4v) is 3.88. The van der Waals surface area contributed by atoms with E-state index in [0.29, 0.717) is 5.56 Å². The van der Waals surface area contributed by atoms with Crippen LogP contribution in [0.2, 0.25) is 0 Å². The van der Waals surface area contributed by atoms with E-state index in [-0.39, 0.29) is 17.4 Å². The smallest absolute Gasteiger partial charge is 0.338 e. The minimum absolute atomic E-state index is 0.0590.